The molecule has 4 nitrogen and oxygen atoms in total. The van der Waals surface area contributed by atoms with Gasteiger partial charge in [-0.15, -0.1) is 0 Å². The Bertz CT molecular complexity index is 326. The summed E-state index contributed by atoms with van der Waals surface area (Å²) in [6.45, 7) is 2.61. The minimum atomic E-state index is -0.373. The zero-order chi connectivity index (χ0) is 12.0. The fourth-order valence-corrected chi connectivity index (χ4v) is 1.41. The van der Waals surface area contributed by atoms with E-state index in [0.717, 1.165) is 6.42 Å². The summed E-state index contributed by atoms with van der Waals surface area (Å²) in [5.41, 5.74) is 6.87. The van der Waals surface area contributed by atoms with Crippen LogP contribution in [0.25, 0.3) is 0 Å². The van der Waals surface area contributed by atoms with Gasteiger partial charge in [0.1, 0.15) is 0 Å². The van der Waals surface area contributed by atoms with Gasteiger partial charge in [0.25, 0.3) is 0 Å². The van der Waals surface area contributed by atoms with Crippen molar-refractivity contribution in [1.82, 2.24) is 9.88 Å². The molecule has 0 saturated heterocycles. The molecule has 4 heteroatoms. The van der Waals surface area contributed by atoms with Crippen molar-refractivity contribution in [3.8, 4) is 0 Å². The Hall–Kier alpha value is -1.42. The van der Waals surface area contributed by atoms with Gasteiger partial charge in [-0.1, -0.05) is 6.92 Å². The molecule has 88 valence electrons. The van der Waals surface area contributed by atoms with Gasteiger partial charge in [0.05, 0.1) is 6.04 Å². The molecule has 0 unspecified atom stereocenters. The number of carbonyl (C=O) groups excluding carboxylic acids is 1. The molecule has 1 aromatic rings. The SMILES string of the molecule is CC[C@H](N)C(=O)N(C)CCc1ccncc1. The molecule has 0 spiro atoms. The van der Waals surface area contributed by atoms with Crippen molar-refractivity contribution in [3.63, 3.8) is 0 Å². The summed E-state index contributed by atoms with van der Waals surface area (Å²) in [5, 5.41) is 0. The Balaban J connectivity index is 2.41. The van der Waals surface area contributed by atoms with Crippen LogP contribution in [0.5, 0.6) is 0 Å². The van der Waals surface area contributed by atoms with E-state index in [9.17, 15) is 4.79 Å². The number of pyridine rings is 1. The number of rotatable bonds is 5. The van der Waals surface area contributed by atoms with Gasteiger partial charge in [0, 0.05) is 26.0 Å². The molecule has 0 saturated carbocycles. The monoisotopic (exact) mass is 221 g/mol. The van der Waals surface area contributed by atoms with Crippen molar-refractivity contribution >= 4 is 5.91 Å². The van der Waals surface area contributed by atoms with Crippen LogP contribution >= 0.6 is 0 Å². The summed E-state index contributed by atoms with van der Waals surface area (Å²) in [5.74, 6) is 0.0107. The van der Waals surface area contributed by atoms with Crippen LogP contribution in [0, 0.1) is 0 Å². The number of nitrogens with two attached hydrogens (primary N) is 1. The molecule has 1 heterocycles. The van der Waals surface area contributed by atoms with Gasteiger partial charge < -0.3 is 10.6 Å². The maximum absolute atomic E-state index is 11.7. The lowest BCUT2D eigenvalue weighted by molar-refractivity contribution is -0.131. The van der Waals surface area contributed by atoms with E-state index < -0.39 is 0 Å². The van der Waals surface area contributed by atoms with Crippen LogP contribution in [0.3, 0.4) is 0 Å². The highest BCUT2D eigenvalue weighted by Crippen LogP contribution is 2.00. The smallest absolute Gasteiger partial charge is 0.239 e. The zero-order valence-electron chi connectivity index (χ0n) is 9.89. The van der Waals surface area contributed by atoms with Gasteiger partial charge in [-0.25, -0.2) is 0 Å². The molecule has 0 fully saturated rings. The molecule has 0 aliphatic rings. The first-order valence-corrected chi connectivity index (χ1v) is 5.54. The maximum Gasteiger partial charge on any atom is 0.239 e. The standard InChI is InChI=1S/C12H19N3O/c1-3-11(13)12(16)15(2)9-6-10-4-7-14-8-5-10/h4-5,7-8,11H,3,6,9,13H2,1-2H3/t11-/m0/s1. The molecule has 1 atom stereocenters. The normalized spacial score (nSPS) is 12.2. The van der Waals surface area contributed by atoms with Crippen LogP contribution < -0.4 is 5.73 Å². The van der Waals surface area contributed by atoms with Gasteiger partial charge in [-0.2, -0.15) is 0 Å². The molecule has 0 aromatic carbocycles. The number of hydrogen-bond acceptors (Lipinski definition) is 3. The number of likely N-dealkylation sites (N-methyl/N-ethyl adjacent to an activating group) is 1. The lowest BCUT2D eigenvalue weighted by Gasteiger charge is -2.20. The quantitative estimate of drug-likeness (QED) is 0.800. The summed E-state index contributed by atoms with van der Waals surface area (Å²) < 4.78 is 0. The van der Waals surface area contributed by atoms with E-state index in [2.05, 4.69) is 4.98 Å². The first kappa shape index (κ1) is 12.6. The Labute approximate surface area is 96.5 Å². The van der Waals surface area contributed by atoms with Crippen LogP contribution in [0.1, 0.15) is 18.9 Å². The third-order valence-corrected chi connectivity index (χ3v) is 2.62. The summed E-state index contributed by atoms with van der Waals surface area (Å²) in [6.07, 6.45) is 5.03. The molecule has 2 N–H and O–H groups in total. The highest BCUT2D eigenvalue weighted by Gasteiger charge is 2.15. The molecule has 16 heavy (non-hydrogen) atoms. The van der Waals surface area contributed by atoms with Gasteiger partial charge in [0.2, 0.25) is 5.91 Å². The fraction of sp³-hybridized carbons (Fsp3) is 0.500. The summed E-state index contributed by atoms with van der Waals surface area (Å²) in [7, 11) is 1.79. The number of amides is 1. The predicted molar refractivity (Wildman–Crippen MR) is 63.8 cm³/mol. The molecule has 1 aromatic heterocycles. The van der Waals surface area contributed by atoms with Gasteiger partial charge in [0.15, 0.2) is 0 Å². The van der Waals surface area contributed by atoms with E-state index in [1.165, 1.54) is 5.56 Å². The number of nitrogens with zero attached hydrogens (tertiary/aromatic N) is 2. The first-order valence-electron chi connectivity index (χ1n) is 5.54. The first-order chi connectivity index (χ1) is 7.65. The number of carbonyl (C=O) groups is 1. The minimum absolute atomic E-state index is 0.0107. The second-order valence-corrected chi connectivity index (χ2v) is 3.88. The van der Waals surface area contributed by atoms with E-state index in [4.69, 9.17) is 5.73 Å². The van der Waals surface area contributed by atoms with Crippen LogP contribution in [0.15, 0.2) is 24.5 Å². The lowest BCUT2D eigenvalue weighted by Crippen LogP contribution is -2.42. The van der Waals surface area contributed by atoms with E-state index in [0.29, 0.717) is 13.0 Å². The summed E-state index contributed by atoms with van der Waals surface area (Å²) >= 11 is 0. The van der Waals surface area contributed by atoms with Crippen LogP contribution in [0.4, 0.5) is 0 Å². The molecule has 0 aliphatic carbocycles. The fourth-order valence-electron chi connectivity index (χ4n) is 1.41. The second kappa shape index (κ2) is 6.23. The molecule has 0 aliphatic heterocycles. The van der Waals surface area contributed by atoms with Crippen molar-refractivity contribution < 1.29 is 4.79 Å². The average molecular weight is 221 g/mol. The van der Waals surface area contributed by atoms with Crippen molar-refractivity contribution in [3.05, 3.63) is 30.1 Å². The van der Waals surface area contributed by atoms with E-state index in [1.807, 2.05) is 19.1 Å². The van der Waals surface area contributed by atoms with Crippen molar-refractivity contribution in [2.75, 3.05) is 13.6 Å². The Morgan fingerprint density at radius 1 is 1.50 bits per heavy atom. The van der Waals surface area contributed by atoms with Crippen LogP contribution in [-0.2, 0) is 11.2 Å². The largest absolute Gasteiger partial charge is 0.344 e. The highest BCUT2D eigenvalue weighted by atomic mass is 16.2. The molecule has 1 amide bonds. The Morgan fingerprint density at radius 2 is 2.12 bits per heavy atom. The molecule has 0 bridgehead atoms. The Kier molecular flexibility index (Phi) is 4.92. The van der Waals surface area contributed by atoms with Gasteiger partial charge >= 0.3 is 0 Å². The maximum atomic E-state index is 11.7. The number of aromatic nitrogens is 1. The third kappa shape index (κ3) is 3.62. The molecule has 0 radical (unpaired) electrons. The average Bonchev–Trinajstić information content (AvgIpc) is 2.35. The predicted octanol–water partition coefficient (Wildman–Crippen LogP) is 0.820. The van der Waals surface area contributed by atoms with E-state index in [-0.39, 0.29) is 11.9 Å². The summed E-state index contributed by atoms with van der Waals surface area (Å²) in [4.78, 5) is 17.3. The number of hydrogen-bond donors (Lipinski definition) is 1. The molecular weight excluding hydrogens is 202 g/mol. The summed E-state index contributed by atoms with van der Waals surface area (Å²) in [6, 6.07) is 3.54. The lowest BCUT2D eigenvalue weighted by atomic mass is 10.1. The highest BCUT2D eigenvalue weighted by molar-refractivity contribution is 5.81. The minimum Gasteiger partial charge on any atom is -0.344 e. The van der Waals surface area contributed by atoms with Crippen molar-refractivity contribution in [2.45, 2.75) is 25.8 Å². The van der Waals surface area contributed by atoms with Gasteiger partial charge in [-0.3, -0.25) is 9.78 Å². The zero-order valence-corrected chi connectivity index (χ0v) is 9.89. The van der Waals surface area contributed by atoms with Gasteiger partial charge in [-0.05, 0) is 30.5 Å². The Morgan fingerprint density at radius 3 is 2.69 bits per heavy atom. The molecular formula is C12H19N3O. The topological polar surface area (TPSA) is 59.2 Å². The van der Waals surface area contributed by atoms with E-state index >= 15 is 0 Å². The van der Waals surface area contributed by atoms with Crippen LogP contribution in [-0.4, -0.2) is 35.4 Å². The van der Waals surface area contributed by atoms with E-state index in [1.54, 1.807) is 24.3 Å². The molecule has 1 rings (SSSR count). The van der Waals surface area contributed by atoms with Crippen molar-refractivity contribution in [2.24, 2.45) is 5.73 Å². The van der Waals surface area contributed by atoms with Crippen molar-refractivity contribution in [1.29, 1.82) is 0 Å². The second-order valence-electron chi connectivity index (χ2n) is 3.88. The van der Waals surface area contributed by atoms with Crippen LogP contribution in [0.2, 0.25) is 0 Å². The third-order valence-electron chi connectivity index (χ3n) is 2.62.